The van der Waals surface area contributed by atoms with E-state index in [1.807, 2.05) is 52.0 Å². The number of rotatable bonds is 7. The van der Waals surface area contributed by atoms with E-state index < -0.39 is 5.60 Å². The van der Waals surface area contributed by atoms with Gasteiger partial charge in [-0.15, -0.1) is 24.0 Å². The van der Waals surface area contributed by atoms with Gasteiger partial charge in [0.2, 0.25) is 0 Å². The average Bonchev–Trinajstić information content (AvgIpc) is 2.71. The molecular formula is C23H39IN4O4. The van der Waals surface area contributed by atoms with Crippen molar-refractivity contribution in [3.8, 4) is 11.5 Å². The number of para-hydroxylation sites is 2. The number of alkyl carbamates (subject to hydrolysis) is 1. The third-order valence-electron chi connectivity index (χ3n) is 4.97. The molecule has 9 heteroatoms. The molecule has 1 unspecified atom stereocenters. The lowest BCUT2D eigenvalue weighted by Gasteiger charge is -2.31. The third kappa shape index (κ3) is 10.1. The third-order valence-corrected chi connectivity index (χ3v) is 4.97. The minimum absolute atomic E-state index is 0. The van der Waals surface area contributed by atoms with Crippen molar-refractivity contribution in [2.75, 3.05) is 20.7 Å². The van der Waals surface area contributed by atoms with E-state index in [1.54, 1.807) is 14.2 Å². The van der Waals surface area contributed by atoms with Crippen LogP contribution in [0.4, 0.5) is 4.79 Å². The summed E-state index contributed by atoms with van der Waals surface area (Å²) in [6, 6.07) is 8.08. The van der Waals surface area contributed by atoms with Gasteiger partial charge in [-0.05, 0) is 65.5 Å². The van der Waals surface area contributed by atoms with Crippen LogP contribution in [0.2, 0.25) is 0 Å². The summed E-state index contributed by atoms with van der Waals surface area (Å²) in [5, 5.41) is 9.78. The first-order chi connectivity index (χ1) is 14.7. The molecule has 3 N–H and O–H groups in total. The largest absolute Gasteiger partial charge is 0.493 e. The van der Waals surface area contributed by atoms with Crippen LogP contribution in [0.25, 0.3) is 0 Å². The number of carbonyl (C=O) groups excluding carboxylic acids is 1. The van der Waals surface area contributed by atoms with E-state index in [1.165, 1.54) is 0 Å². The molecule has 32 heavy (non-hydrogen) atoms. The molecule has 0 radical (unpaired) electrons. The number of methoxy groups -OCH3 is 1. The number of ether oxygens (including phenoxy) is 3. The SMILES string of the molecule is CN=C(NCC(C)Oc1ccccc1OC)NC1CCC(NC(=O)OC(C)(C)C)CC1.I. The number of benzene rings is 1. The number of halogens is 1. The Balaban J connectivity index is 0.00000512. The fraction of sp³-hybridized carbons (Fsp3) is 0.652. The first-order valence-electron chi connectivity index (χ1n) is 11.0. The molecule has 182 valence electrons. The number of hydrogen-bond acceptors (Lipinski definition) is 5. The number of aliphatic imine (C=N–C) groups is 1. The minimum atomic E-state index is -0.479. The number of hydrogen-bond donors (Lipinski definition) is 3. The molecule has 1 aromatic rings. The lowest BCUT2D eigenvalue weighted by molar-refractivity contribution is 0.0490. The van der Waals surface area contributed by atoms with Crippen molar-refractivity contribution in [3.63, 3.8) is 0 Å². The van der Waals surface area contributed by atoms with Crippen molar-refractivity contribution in [1.29, 1.82) is 0 Å². The average molecular weight is 562 g/mol. The van der Waals surface area contributed by atoms with Crippen LogP contribution in [0.1, 0.15) is 53.4 Å². The Bertz CT molecular complexity index is 731. The van der Waals surface area contributed by atoms with Gasteiger partial charge in [-0.3, -0.25) is 4.99 Å². The summed E-state index contributed by atoms with van der Waals surface area (Å²) < 4.78 is 16.7. The molecule has 0 heterocycles. The summed E-state index contributed by atoms with van der Waals surface area (Å²) in [5.74, 6) is 2.19. The molecular weight excluding hydrogens is 523 g/mol. The zero-order valence-electron chi connectivity index (χ0n) is 20.1. The summed E-state index contributed by atoms with van der Waals surface area (Å²) in [5.41, 5.74) is -0.479. The van der Waals surface area contributed by atoms with Crippen molar-refractivity contribution < 1.29 is 19.0 Å². The number of guanidine groups is 1. The topological polar surface area (TPSA) is 93.2 Å². The predicted octanol–water partition coefficient (Wildman–Crippen LogP) is 4.08. The minimum Gasteiger partial charge on any atom is -0.493 e. The monoisotopic (exact) mass is 562 g/mol. The highest BCUT2D eigenvalue weighted by Crippen LogP contribution is 2.26. The van der Waals surface area contributed by atoms with Gasteiger partial charge in [-0.25, -0.2) is 4.79 Å². The molecule has 0 saturated heterocycles. The second-order valence-electron chi connectivity index (χ2n) is 8.87. The van der Waals surface area contributed by atoms with Crippen LogP contribution in [-0.4, -0.2) is 56.5 Å². The molecule has 8 nitrogen and oxygen atoms in total. The number of amides is 1. The lowest BCUT2D eigenvalue weighted by atomic mass is 9.91. The quantitative estimate of drug-likeness (QED) is 0.264. The zero-order valence-corrected chi connectivity index (χ0v) is 22.4. The van der Waals surface area contributed by atoms with Crippen LogP contribution in [0.5, 0.6) is 11.5 Å². The molecule has 1 aromatic carbocycles. The molecule has 1 aliphatic carbocycles. The Kier molecular flexibility index (Phi) is 11.9. The van der Waals surface area contributed by atoms with E-state index in [0.29, 0.717) is 18.3 Å². The fourth-order valence-electron chi connectivity index (χ4n) is 3.46. The summed E-state index contributed by atoms with van der Waals surface area (Å²) >= 11 is 0. The van der Waals surface area contributed by atoms with Crippen molar-refractivity contribution >= 4 is 36.0 Å². The summed E-state index contributed by atoms with van der Waals surface area (Å²) in [4.78, 5) is 16.3. The van der Waals surface area contributed by atoms with Crippen molar-refractivity contribution in [2.45, 2.75) is 77.2 Å². The van der Waals surface area contributed by atoms with Gasteiger partial charge in [0.15, 0.2) is 17.5 Å². The zero-order chi connectivity index (χ0) is 22.9. The van der Waals surface area contributed by atoms with Gasteiger partial charge in [-0.1, -0.05) is 12.1 Å². The maximum absolute atomic E-state index is 12.0. The van der Waals surface area contributed by atoms with Crippen LogP contribution in [0.15, 0.2) is 29.3 Å². The fourth-order valence-corrected chi connectivity index (χ4v) is 3.46. The highest BCUT2D eigenvalue weighted by atomic mass is 127. The summed E-state index contributed by atoms with van der Waals surface area (Å²) in [6.07, 6.45) is 3.31. The molecule has 0 bridgehead atoms. The van der Waals surface area contributed by atoms with Crippen LogP contribution in [0.3, 0.4) is 0 Å². The Labute approximate surface area is 209 Å². The van der Waals surface area contributed by atoms with E-state index in [0.717, 1.165) is 37.4 Å². The molecule has 0 aromatic heterocycles. The second kappa shape index (κ2) is 13.6. The number of nitrogens with one attached hydrogen (secondary N) is 3. The molecule has 1 saturated carbocycles. The standard InChI is InChI=1S/C23H38N4O4.HI/c1-16(30-20-10-8-7-9-19(20)29-6)15-25-21(24-5)26-17-11-13-18(14-12-17)27-22(28)31-23(2,3)4;/h7-10,16-18H,11-15H2,1-6H3,(H,27,28)(H2,24,25,26);1H. The van der Waals surface area contributed by atoms with E-state index in [9.17, 15) is 4.79 Å². The molecule has 1 atom stereocenters. The summed E-state index contributed by atoms with van der Waals surface area (Å²) in [7, 11) is 3.39. The van der Waals surface area contributed by atoms with Crippen molar-refractivity contribution in [3.05, 3.63) is 24.3 Å². The highest BCUT2D eigenvalue weighted by Gasteiger charge is 2.25. The smallest absolute Gasteiger partial charge is 0.407 e. The predicted molar refractivity (Wildman–Crippen MR) is 138 cm³/mol. The van der Waals surface area contributed by atoms with Gasteiger partial charge in [0.25, 0.3) is 0 Å². The van der Waals surface area contributed by atoms with Crippen LogP contribution >= 0.6 is 24.0 Å². The molecule has 0 aliphatic heterocycles. The summed E-state index contributed by atoms with van der Waals surface area (Å²) in [6.45, 7) is 8.21. The van der Waals surface area contributed by atoms with Gasteiger partial charge >= 0.3 is 6.09 Å². The van der Waals surface area contributed by atoms with Crippen LogP contribution in [-0.2, 0) is 4.74 Å². The normalized spacial score (nSPS) is 19.8. The molecule has 1 fully saturated rings. The molecule has 1 amide bonds. The maximum Gasteiger partial charge on any atom is 0.407 e. The Morgan fingerprint density at radius 3 is 2.19 bits per heavy atom. The van der Waals surface area contributed by atoms with Crippen LogP contribution < -0.4 is 25.4 Å². The molecule has 2 rings (SSSR count). The molecule has 1 aliphatic rings. The molecule has 0 spiro atoms. The van der Waals surface area contributed by atoms with E-state index in [4.69, 9.17) is 14.2 Å². The van der Waals surface area contributed by atoms with Gasteiger partial charge < -0.3 is 30.2 Å². The lowest BCUT2D eigenvalue weighted by Crippen LogP contribution is -2.49. The number of carbonyl (C=O) groups is 1. The van der Waals surface area contributed by atoms with Gasteiger partial charge in [0, 0.05) is 19.1 Å². The van der Waals surface area contributed by atoms with E-state index in [-0.39, 0.29) is 42.2 Å². The number of nitrogens with zero attached hydrogens (tertiary/aromatic N) is 1. The Hall–Kier alpha value is -1.91. The Morgan fingerprint density at radius 1 is 1.09 bits per heavy atom. The first-order valence-corrected chi connectivity index (χ1v) is 11.0. The van der Waals surface area contributed by atoms with Gasteiger partial charge in [0.1, 0.15) is 11.7 Å². The van der Waals surface area contributed by atoms with Crippen molar-refractivity contribution in [1.82, 2.24) is 16.0 Å². The Morgan fingerprint density at radius 2 is 1.66 bits per heavy atom. The van der Waals surface area contributed by atoms with E-state index >= 15 is 0 Å². The maximum atomic E-state index is 12.0. The van der Waals surface area contributed by atoms with Crippen molar-refractivity contribution in [2.24, 2.45) is 4.99 Å². The van der Waals surface area contributed by atoms with Gasteiger partial charge in [0.05, 0.1) is 13.7 Å². The highest BCUT2D eigenvalue weighted by molar-refractivity contribution is 14.0. The first kappa shape index (κ1) is 28.1. The second-order valence-corrected chi connectivity index (χ2v) is 8.87. The van der Waals surface area contributed by atoms with Crippen LogP contribution in [0, 0.1) is 0 Å². The van der Waals surface area contributed by atoms with E-state index in [2.05, 4.69) is 20.9 Å². The van der Waals surface area contributed by atoms with Gasteiger partial charge in [-0.2, -0.15) is 0 Å².